The van der Waals surface area contributed by atoms with Crippen LogP contribution in [0.1, 0.15) is 36.5 Å². The van der Waals surface area contributed by atoms with E-state index in [1.165, 1.54) is 0 Å². The Hall–Kier alpha value is -2.76. The van der Waals surface area contributed by atoms with Crippen LogP contribution >= 0.6 is 11.6 Å². The second-order valence-corrected chi connectivity index (χ2v) is 9.54. The van der Waals surface area contributed by atoms with Crippen LogP contribution in [0.25, 0.3) is 11.1 Å². The van der Waals surface area contributed by atoms with Crippen LogP contribution in [0, 0.1) is 11.7 Å². The van der Waals surface area contributed by atoms with Crippen molar-refractivity contribution in [1.82, 2.24) is 5.32 Å². The largest absolute Gasteiger partial charge is 0.399 e. The van der Waals surface area contributed by atoms with Gasteiger partial charge in [-0.15, -0.1) is 0 Å². The van der Waals surface area contributed by atoms with Gasteiger partial charge in [-0.25, -0.2) is 4.39 Å². The van der Waals surface area contributed by atoms with Gasteiger partial charge in [0, 0.05) is 48.9 Å². The van der Waals surface area contributed by atoms with Crippen LogP contribution in [0.3, 0.4) is 0 Å². The highest BCUT2D eigenvalue weighted by Gasteiger charge is 2.26. The second-order valence-electron chi connectivity index (χ2n) is 9.13. The topological polar surface area (TPSA) is 62.1 Å². The first-order chi connectivity index (χ1) is 15.4. The molecule has 2 aliphatic heterocycles. The molecule has 1 fully saturated rings. The van der Waals surface area contributed by atoms with Gasteiger partial charge in [-0.3, -0.25) is 0 Å². The predicted octanol–water partition coefficient (Wildman–Crippen LogP) is 6.13. The van der Waals surface area contributed by atoms with E-state index in [9.17, 15) is 0 Å². The SMILES string of the molecule is CC(C)c1cccc2c1Nc1c(NCC3CNC3)cc(Cl)c(c1F)-c1cc(N)ccc1C2. The van der Waals surface area contributed by atoms with E-state index >= 15 is 4.39 Å². The highest BCUT2D eigenvalue weighted by molar-refractivity contribution is 6.34. The van der Waals surface area contributed by atoms with Crippen molar-refractivity contribution in [2.75, 3.05) is 36.0 Å². The molecule has 2 aliphatic rings. The number of nitrogens with two attached hydrogens (primary N) is 1. The van der Waals surface area contributed by atoms with Crippen LogP contribution in [-0.4, -0.2) is 19.6 Å². The first-order valence-corrected chi connectivity index (χ1v) is 11.5. The zero-order valence-electron chi connectivity index (χ0n) is 18.4. The van der Waals surface area contributed by atoms with E-state index in [0.717, 1.165) is 47.6 Å². The second kappa shape index (κ2) is 8.30. The van der Waals surface area contributed by atoms with Gasteiger partial charge < -0.3 is 21.7 Å². The normalized spacial score (nSPS) is 15.0. The van der Waals surface area contributed by atoms with Crippen LogP contribution in [-0.2, 0) is 6.42 Å². The summed E-state index contributed by atoms with van der Waals surface area (Å²) in [6.07, 6.45) is 0.656. The number of para-hydroxylation sites is 1. The Morgan fingerprint density at radius 3 is 2.66 bits per heavy atom. The lowest BCUT2D eigenvalue weighted by atomic mass is 9.91. The molecule has 0 aliphatic carbocycles. The first-order valence-electron chi connectivity index (χ1n) is 11.2. The Kier molecular flexibility index (Phi) is 5.48. The quantitative estimate of drug-likeness (QED) is 0.282. The molecule has 6 heteroatoms. The van der Waals surface area contributed by atoms with E-state index in [1.54, 1.807) is 0 Å². The number of fused-ring (bicyclic) bond motifs is 5. The molecule has 0 saturated carbocycles. The van der Waals surface area contributed by atoms with Crippen molar-refractivity contribution in [3.8, 4) is 11.1 Å². The summed E-state index contributed by atoms with van der Waals surface area (Å²) in [4.78, 5) is 0. The molecule has 166 valence electrons. The maximum Gasteiger partial charge on any atom is 0.158 e. The number of halogens is 2. The molecular weight excluding hydrogens is 423 g/mol. The standard InChI is InChI=1S/C26H28ClFN4/c1-14(2)19-5-3-4-17-8-16-6-7-18(29)9-20(16)23-21(27)10-22(31-13-15-11-30-12-15)26(24(23)28)32-25(17)19/h3-7,9-10,14-15,30-32H,8,11-13,29H2,1-2H3. The molecule has 3 aromatic carbocycles. The van der Waals surface area contributed by atoms with Crippen LogP contribution in [0.15, 0.2) is 42.5 Å². The van der Waals surface area contributed by atoms with Gasteiger partial charge >= 0.3 is 0 Å². The monoisotopic (exact) mass is 450 g/mol. The summed E-state index contributed by atoms with van der Waals surface area (Å²) < 4.78 is 16.2. The van der Waals surface area contributed by atoms with Crippen molar-refractivity contribution in [3.63, 3.8) is 0 Å². The molecule has 0 atom stereocenters. The van der Waals surface area contributed by atoms with Gasteiger partial charge in [0.1, 0.15) is 0 Å². The van der Waals surface area contributed by atoms with E-state index in [-0.39, 0.29) is 11.7 Å². The van der Waals surface area contributed by atoms with E-state index in [0.29, 0.717) is 40.0 Å². The minimum atomic E-state index is -0.356. The third kappa shape index (κ3) is 3.70. The van der Waals surface area contributed by atoms with Crippen LogP contribution in [0.5, 0.6) is 0 Å². The molecule has 32 heavy (non-hydrogen) atoms. The fraction of sp³-hybridized carbons (Fsp3) is 0.308. The minimum Gasteiger partial charge on any atom is -0.399 e. The Bertz CT molecular complexity index is 1190. The molecule has 0 amide bonds. The third-order valence-electron chi connectivity index (χ3n) is 6.50. The number of nitrogen functional groups attached to an aromatic ring is 1. The Morgan fingerprint density at radius 1 is 1.12 bits per heavy atom. The van der Waals surface area contributed by atoms with Gasteiger partial charge in [0.15, 0.2) is 5.82 Å². The minimum absolute atomic E-state index is 0.288. The van der Waals surface area contributed by atoms with Gasteiger partial charge in [-0.05, 0) is 46.4 Å². The highest BCUT2D eigenvalue weighted by Crippen LogP contribution is 2.45. The molecule has 0 radical (unpaired) electrons. The Morgan fingerprint density at radius 2 is 1.94 bits per heavy atom. The van der Waals surface area contributed by atoms with Crippen molar-refractivity contribution >= 4 is 34.4 Å². The number of hydrogen-bond donors (Lipinski definition) is 4. The average molecular weight is 451 g/mol. The van der Waals surface area contributed by atoms with E-state index in [4.69, 9.17) is 17.3 Å². The van der Waals surface area contributed by atoms with Gasteiger partial charge in [0.05, 0.1) is 16.4 Å². The third-order valence-corrected chi connectivity index (χ3v) is 6.80. The molecule has 4 nitrogen and oxygen atoms in total. The molecule has 0 aromatic heterocycles. The molecular formula is C26H28ClFN4. The lowest BCUT2D eigenvalue weighted by molar-refractivity contribution is 0.365. The first kappa shape index (κ1) is 21.1. The summed E-state index contributed by atoms with van der Waals surface area (Å²) in [6, 6.07) is 13.8. The smallest absolute Gasteiger partial charge is 0.158 e. The summed E-state index contributed by atoms with van der Waals surface area (Å²) in [5.74, 6) is 0.459. The van der Waals surface area contributed by atoms with E-state index < -0.39 is 0 Å². The fourth-order valence-corrected chi connectivity index (χ4v) is 4.88. The molecule has 3 aromatic rings. The maximum atomic E-state index is 16.2. The zero-order valence-corrected chi connectivity index (χ0v) is 19.1. The summed E-state index contributed by atoms with van der Waals surface area (Å²) >= 11 is 6.70. The number of benzene rings is 3. The van der Waals surface area contributed by atoms with Gasteiger partial charge in [0.25, 0.3) is 0 Å². The molecule has 0 unspecified atom stereocenters. The average Bonchev–Trinajstić information content (AvgIpc) is 2.74. The van der Waals surface area contributed by atoms with Crippen molar-refractivity contribution in [3.05, 3.63) is 70.0 Å². The zero-order chi connectivity index (χ0) is 22.4. The van der Waals surface area contributed by atoms with Gasteiger partial charge in [-0.2, -0.15) is 0 Å². The molecule has 2 bridgehead atoms. The van der Waals surface area contributed by atoms with Crippen molar-refractivity contribution in [2.45, 2.75) is 26.2 Å². The predicted molar refractivity (Wildman–Crippen MR) is 133 cm³/mol. The van der Waals surface area contributed by atoms with E-state index in [2.05, 4.69) is 48.0 Å². The number of nitrogens with one attached hydrogen (secondary N) is 3. The van der Waals surface area contributed by atoms with Crippen LogP contribution in [0.2, 0.25) is 5.02 Å². The van der Waals surface area contributed by atoms with E-state index in [1.807, 2.05) is 24.3 Å². The lowest BCUT2D eigenvalue weighted by Crippen LogP contribution is -2.45. The van der Waals surface area contributed by atoms with Crippen molar-refractivity contribution in [1.29, 1.82) is 0 Å². The molecule has 5 N–H and O–H groups in total. The Labute approximate surface area is 193 Å². The highest BCUT2D eigenvalue weighted by atomic mass is 35.5. The van der Waals surface area contributed by atoms with Crippen LogP contribution in [0.4, 0.5) is 27.1 Å². The summed E-state index contributed by atoms with van der Waals surface area (Å²) in [7, 11) is 0. The molecule has 0 spiro atoms. The molecule has 2 heterocycles. The summed E-state index contributed by atoms with van der Waals surface area (Å²) in [5.41, 5.74) is 13.2. The van der Waals surface area contributed by atoms with Crippen molar-refractivity contribution in [2.24, 2.45) is 5.92 Å². The van der Waals surface area contributed by atoms with Gasteiger partial charge in [-0.1, -0.05) is 49.7 Å². The molecule has 5 rings (SSSR count). The molecule has 1 saturated heterocycles. The summed E-state index contributed by atoms with van der Waals surface area (Å²) in [5, 5.41) is 10.6. The summed E-state index contributed by atoms with van der Waals surface area (Å²) in [6.45, 7) is 7.02. The lowest BCUT2D eigenvalue weighted by Gasteiger charge is -2.28. The van der Waals surface area contributed by atoms with Crippen molar-refractivity contribution < 1.29 is 4.39 Å². The number of anilines is 4. The fourth-order valence-electron chi connectivity index (χ4n) is 4.59. The number of rotatable bonds is 4. The maximum absolute atomic E-state index is 16.2. The van der Waals surface area contributed by atoms with Crippen LogP contribution < -0.4 is 21.7 Å². The number of hydrogen-bond acceptors (Lipinski definition) is 4. The Balaban J connectivity index is 1.74. The van der Waals surface area contributed by atoms with Gasteiger partial charge in [0.2, 0.25) is 0 Å².